The van der Waals surface area contributed by atoms with Gasteiger partial charge in [0.15, 0.2) is 0 Å². The number of aryl methyl sites for hydroxylation is 1. The smallest absolute Gasteiger partial charge is 0.307 e. The van der Waals surface area contributed by atoms with Crippen LogP contribution in [0.1, 0.15) is 57.3 Å². The maximum Gasteiger partial charge on any atom is 0.307 e. The minimum absolute atomic E-state index is 0.0160. The number of amides is 1. The molecule has 1 aromatic rings. The lowest BCUT2D eigenvalue weighted by Crippen LogP contribution is -2.39. The Morgan fingerprint density at radius 2 is 2.12 bits per heavy atom. The number of carboxylic acid groups (broad SMARTS) is 1. The molecule has 0 aromatic carbocycles. The van der Waals surface area contributed by atoms with Gasteiger partial charge in [0.2, 0.25) is 5.91 Å². The van der Waals surface area contributed by atoms with E-state index in [2.05, 4.69) is 18.0 Å². The molecule has 2 aliphatic carbocycles. The van der Waals surface area contributed by atoms with Gasteiger partial charge in [-0.15, -0.1) is 0 Å². The van der Waals surface area contributed by atoms with Gasteiger partial charge in [-0.2, -0.15) is 0 Å². The van der Waals surface area contributed by atoms with Crippen LogP contribution in [0, 0.1) is 17.3 Å². The molecule has 1 heterocycles. The van der Waals surface area contributed by atoms with Crippen molar-refractivity contribution in [3.8, 4) is 0 Å². The number of carbonyl (C=O) groups is 2. The van der Waals surface area contributed by atoms with Gasteiger partial charge in [-0.3, -0.25) is 14.6 Å². The molecule has 3 atom stereocenters. The third kappa shape index (κ3) is 2.70. The average Bonchev–Trinajstić information content (AvgIpc) is 3.14. The van der Waals surface area contributed by atoms with Gasteiger partial charge in [0, 0.05) is 12.7 Å². The molecule has 5 heteroatoms. The van der Waals surface area contributed by atoms with Gasteiger partial charge in [0.25, 0.3) is 0 Å². The van der Waals surface area contributed by atoms with Crippen LogP contribution in [0.15, 0.2) is 18.3 Å². The van der Waals surface area contributed by atoms with Crippen LogP contribution >= 0.6 is 0 Å². The zero-order chi connectivity index (χ0) is 17.5. The largest absolute Gasteiger partial charge is 0.481 e. The number of carbonyl (C=O) groups excluding carboxylic acids is 1. The predicted octanol–water partition coefficient (Wildman–Crippen LogP) is 3.05. The molecule has 1 unspecified atom stereocenters. The molecule has 1 fully saturated rings. The maximum absolute atomic E-state index is 13.2. The van der Waals surface area contributed by atoms with Crippen LogP contribution in [0.3, 0.4) is 0 Å². The zero-order valence-electron chi connectivity index (χ0n) is 14.7. The Kier molecular flexibility index (Phi) is 4.37. The Morgan fingerprint density at radius 3 is 2.75 bits per heavy atom. The lowest BCUT2D eigenvalue weighted by Gasteiger charge is -2.35. The first-order valence-corrected chi connectivity index (χ1v) is 8.86. The van der Waals surface area contributed by atoms with Gasteiger partial charge in [-0.05, 0) is 42.7 Å². The van der Waals surface area contributed by atoms with Crippen molar-refractivity contribution in [2.75, 3.05) is 6.54 Å². The van der Waals surface area contributed by atoms with Gasteiger partial charge in [-0.1, -0.05) is 26.8 Å². The number of nitrogens with zero attached hydrogens (tertiary/aromatic N) is 2. The van der Waals surface area contributed by atoms with Crippen molar-refractivity contribution in [3.05, 3.63) is 29.6 Å². The Bertz CT molecular complexity index is 656. The van der Waals surface area contributed by atoms with E-state index in [0.29, 0.717) is 6.54 Å². The molecular formula is C19H26N2O3. The van der Waals surface area contributed by atoms with E-state index in [4.69, 9.17) is 0 Å². The highest BCUT2D eigenvalue weighted by atomic mass is 16.4. The molecule has 0 aliphatic heterocycles. The van der Waals surface area contributed by atoms with E-state index < -0.39 is 23.2 Å². The van der Waals surface area contributed by atoms with E-state index in [9.17, 15) is 14.7 Å². The summed E-state index contributed by atoms with van der Waals surface area (Å²) in [7, 11) is 0. The first kappa shape index (κ1) is 16.9. The Balaban J connectivity index is 1.89. The molecule has 1 N–H and O–H groups in total. The number of carboxylic acids is 1. The van der Waals surface area contributed by atoms with Gasteiger partial charge in [0.05, 0.1) is 23.6 Å². The van der Waals surface area contributed by atoms with E-state index in [-0.39, 0.29) is 11.9 Å². The number of hydrogen-bond acceptors (Lipinski definition) is 3. The van der Waals surface area contributed by atoms with Crippen molar-refractivity contribution >= 4 is 11.9 Å². The average molecular weight is 330 g/mol. The van der Waals surface area contributed by atoms with Crippen LogP contribution in [-0.2, 0) is 16.0 Å². The second kappa shape index (κ2) is 6.19. The highest BCUT2D eigenvalue weighted by molar-refractivity contribution is 5.92. The summed E-state index contributed by atoms with van der Waals surface area (Å²) in [5.74, 6) is -1.87. The quantitative estimate of drug-likeness (QED) is 0.901. The lowest BCUT2D eigenvalue weighted by atomic mass is 9.90. The minimum Gasteiger partial charge on any atom is -0.481 e. The summed E-state index contributed by atoms with van der Waals surface area (Å²) in [6.45, 7) is 6.46. The van der Waals surface area contributed by atoms with Crippen molar-refractivity contribution < 1.29 is 14.7 Å². The molecule has 1 saturated carbocycles. The van der Waals surface area contributed by atoms with Crippen molar-refractivity contribution in [1.82, 2.24) is 9.88 Å². The fraction of sp³-hybridized carbons (Fsp3) is 0.632. The number of hydrogen-bond donors (Lipinski definition) is 1. The number of rotatable bonds is 5. The molecule has 0 radical (unpaired) electrons. The minimum atomic E-state index is -0.864. The Hall–Kier alpha value is -1.91. The van der Waals surface area contributed by atoms with Crippen LogP contribution in [0.4, 0.5) is 0 Å². The van der Waals surface area contributed by atoms with E-state index in [1.807, 2.05) is 24.8 Å². The molecule has 1 aromatic heterocycles. The van der Waals surface area contributed by atoms with E-state index in [1.54, 1.807) is 6.20 Å². The summed E-state index contributed by atoms with van der Waals surface area (Å²) >= 11 is 0. The first-order chi connectivity index (χ1) is 11.4. The molecule has 3 rings (SSSR count). The normalized spacial score (nSPS) is 27.2. The van der Waals surface area contributed by atoms with Gasteiger partial charge in [-0.25, -0.2) is 0 Å². The Labute approximate surface area is 143 Å². The molecule has 5 nitrogen and oxygen atoms in total. The lowest BCUT2D eigenvalue weighted by molar-refractivity contribution is -0.143. The van der Waals surface area contributed by atoms with Gasteiger partial charge < -0.3 is 10.0 Å². The highest BCUT2D eigenvalue weighted by Crippen LogP contribution is 2.59. The van der Waals surface area contributed by atoms with E-state index >= 15 is 0 Å². The van der Waals surface area contributed by atoms with Crippen molar-refractivity contribution in [3.63, 3.8) is 0 Å². The summed E-state index contributed by atoms with van der Waals surface area (Å²) in [5.41, 5.74) is 1.75. The zero-order valence-corrected chi connectivity index (χ0v) is 14.7. The highest BCUT2D eigenvalue weighted by Gasteiger charge is 2.66. The fourth-order valence-corrected chi connectivity index (χ4v) is 4.29. The monoisotopic (exact) mass is 330 g/mol. The third-order valence-corrected chi connectivity index (χ3v) is 5.65. The van der Waals surface area contributed by atoms with Gasteiger partial charge in [0.1, 0.15) is 0 Å². The topological polar surface area (TPSA) is 70.5 Å². The first-order valence-electron chi connectivity index (χ1n) is 8.86. The van der Waals surface area contributed by atoms with E-state index in [0.717, 1.165) is 31.4 Å². The number of aromatic nitrogens is 1. The van der Waals surface area contributed by atoms with Crippen molar-refractivity contribution in [2.45, 2.75) is 52.5 Å². The third-order valence-electron chi connectivity index (χ3n) is 5.65. The molecule has 1 amide bonds. The molecule has 0 bridgehead atoms. The fourth-order valence-electron chi connectivity index (χ4n) is 4.29. The maximum atomic E-state index is 13.2. The van der Waals surface area contributed by atoms with Crippen LogP contribution in [0.25, 0.3) is 0 Å². The second-order valence-corrected chi connectivity index (χ2v) is 7.60. The summed E-state index contributed by atoms with van der Waals surface area (Å²) in [6.07, 6.45) is 5.58. The second-order valence-electron chi connectivity index (χ2n) is 7.60. The SMILES string of the molecule is CCCN(C(=O)[C@@H]1[C@H](C(=O)O)C1(C)C)C1CCCc2cccnc21. The molecule has 0 spiro atoms. The summed E-state index contributed by atoms with van der Waals surface area (Å²) in [6, 6.07) is 4.01. The van der Waals surface area contributed by atoms with Crippen LogP contribution in [-0.4, -0.2) is 33.4 Å². The predicted molar refractivity (Wildman–Crippen MR) is 90.3 cm³/mol. The molecule has 2 aliphatic rings. The number of fused-ring (bicyclic) bond motifs is 1. The summed E-state index contributed by atoms with van der Waals surface area (Å²) in [4.78, 5) is 31.1. The van der Waals surface area contributed by atoms with Crippen LogP contribution in [0.2, 0.25) is 0 Å². The van der Waals surface area contributed by atoms with Crippen molar-refractivity contribution in [1.29, 1.82) is 0 Å². The number of pyridine rings is 1. The van der Waals surface area contributed by atoms with Gasteiger partial charge >= 0.3 is 5.97 Å². The summed E-state index contributed by atoms with van der Waals surface area (Å²) in [5, 5.41) is 9.40. The molecule has 0 saturated heterocycles. The Morgan fingerprint density at radius 1 is 1.38 bits per heavy atom. The number of aliphatic carboxylic acids is 1. The van der Waals surface area contributed by atoms with Crippen LogP contribution < -0.4 is 0 Å². The standard InChI is InChI=1S/C19H26N2O3/c1-4-11-21(17(22)14-15(18(23)24)19(14,2)3)13-9-5-7-12-8-6-10-20-16(12)13/h6,8,10,13-15H,4-5,7,9,11H2,1-3H3,(H,23,24)/t13?,14-,15+/m0/s1. The molecule has 24 heavy (non-hydrogen) atoms. The summed E-state index contributed by atoms with van der Waals surface area (Å²) < 4.78 is 0. The van der Waals surface area contributed by atoms with Crippen LogP contribution in [0.5, 0.6) is 0 Å². The van der Waals surface area contributed by atoms with Crippen molar-refractivity contribution in [2.24, 2.45) is 17.3 Å². The van der Waals surface area contributed by atoms with E-state index in [1.165, 1.54) is 5.56 Å². The molecule has 130 valence electrons. The molecular weight excluding hydrogens is 304 g/mol.